The van der Waals surface area contributed by atoms with E-state index in [1.807, 2.05) is 18.2 Å². The molecule has 0 bridgehead atoms. The van der Waals surface area contributed by atoms with Gasteiger partial charge in [0.2, 0.25) is 0 Å². The molecule has 0 amide bonds. The standard InChI is InChI=1S/C23H21N3S2/c1-26-12-11-18-20(16-26)19(15-24)23(25-22(18)21-10-6-13-27-21)28-14-5-9-17-7-3-2-4-8-17/h2-10,13H,11-12,14,16H2,1H3/b9-5+. The fourth-order valence-electron chi connectivity index (χ4n) is 3.46. The van der Waals surface area contributed by atoms with Gasteiger partial charge in [0.25, 0.3) is 0 Å². The Hall–Kier alpha value is -2.39. The lowest BCUT2D eigenvalue weighted by molar-refractivity contribution is 0.312. The molecule has 0 saturated carbocycles. The number of thiophene rings is 1. The Labute approximate surface area is 174 Å². The molecule has 3 heterocycles. The van der Waals surface area contributed by atoms with Crippen LogP contribution in [-0.2, 0) is 13.0 Å². The van der Waals surface area contributed by atoms with Crippen LogP contribution in [0.15, 0.2) is 58.9 Å². The summed E-state index contributed by atoms with van der Waals surface area (Å²) >= 11 is 3.36. The minimum absolute atomic E-state index is 0.750. The number of pyridine rings is 1. The van der Waals surface area contributed by atoms with Crippen LogP contribution in [0.4, 0.5) is 0 Å². The molecule has 1 aromatic carbocycles. The second-order valence-electron chi connectivity index (χ2n) is 6.80. The number of thioether (sulfide) groups is 1. The molecule has 0 spiro atoms. The minimum Gasteiger partial charge on any atom is -0.302 e. The van der Waals surface area contributed by atoms with Crippen molar-refractivity contribution in [2.24, 2.45) is 0 Å². The Balaban J connectivity index is 1.66. The molecule has 0 aliphatic carbocycles. The number of hydrogen-bond acceptors (Lipinski definition) is 5. The summed E-state index contributed by atoms with van der Waals surface area (Å²) in [6, 6.07) is 16.9. The zero-order chi connectivity index (χ0) is 19.3. The number of hydrogen-bond donors (Lipinski definition) is 0. The fourth-order valence-corrected chi connectivity index (χ4v) is 5.02. The van der Waals surface area contributed by atoms with Gasteiger partial charge in [-0.2, -0.15) is 5.26 Å². The van der Waals surface area contributed by atoms with Crippen LogP contribution >= 0.6 is 23.1 Å². The van der Waals surface area contributed by atoms with Crippen molar-refractivity contribution in [1.29, 1.82) is 5.26 Å². The summed E-state index contributed by atoms with van der Waals surface area (Å²) in [5, 5.41) is 12.8. The molecule has 5 heteroatoms. The largest absolute Gasteiger partial charge is 0.302 e. The van der Waals surface area contributed by atoms with Crippen molar-refractivity contribution in [1.82, 2.24) is 9.88 Å². The van der Waals surface area contributed by atoms with Crippen LogP contribution in [0.25, 0.3) is 16.6 Å². The highest BCUT2D eigenvalue weighted by atomic mass is 32.2. The van der Waals surface area contributed by atoms with Crippen molar-refractivity contribution in [3.05, 3.63) is 76.2 Å². The quantitative estimate of drug-likeness (QED) is 0.529. The monoisotopic (exact) mass is 403 g/mol. The highest BCUT2D eigenvalue weighted by Gasteiger charge is 2.25. The number of fused-ring (bicyclic) bond motifs is 1. The molecular weight excluding hydrogens is 382 g/mol. The van der Waals surface area contributed by atoms with Crippen LogP contribution in [0.2, 0.25) is 0 Å². The molecule has 0 N–H and O–H groups in total. The third kappa shape index (κ3) is 4.05. The van der Waals surface area contributed by atoms with Crippen molar-refractivity contribution in [2.75, 3.05) is 19.3 Å². The molecule has 1 aliphatic heterocycles. The lowest BCUT2D eigenvalue weighted by Gasteiger charge is -2.28. The van der Waals surface area contributed by atoms with Crippen molar-refractivity contribution < 1.29 is 0 Å². The summed E-state index contributed by atoms with van der Waals surface area (Å²) in [5.74, 6) is 0.787. The maximum Gasteiger partial charge on any atom is 0.115 e. The van der Waals surface area contributed by atoms with E-state index in [1.165, 1.54) is 16.0 Å². The molecule has 3 aromatic rings. The second-order valence-corrected chi connectivity index (χ2v) is 8.76. The van der Waals surface area contributed by atoms with Crippen molar-refractivity contribution in [2.45, 2.75) is 18.0 Å². The topological polar surface area (TPSA) is 39.9 Å². The first-order chi connectivity index (χ1) is 13.8. The van der Waals surface area contributed by atoms with Gasteiger partial charge in [0.1, 0.15) is 11.1 Å². The predicted octanol–water partition coefficient (Wildman–Crippen LogP) is 5.48. The van der Waals surface area contributed by atoms with E-state index in [0.29, 0.717) is 0 Å². The number of likely N-dealkylation sites (N-methyl/N-ethyl adjacent to an activating group) is 1. The Kier molecular flexibility index (Phi) is 5.92. The van der Waals surface area contributed by atoms with Crippen LogP contribution in [0, 0.1) is 11.3 Å². The third-order valence-corrected chi connectivity index (χ3v) is 6.65. The van der Waals surface area contributed by atoms with Gasteiger partial charge >= 0.3 is 0 Å². The number of aromatic nitrogens is 1. The molecule has 4 rings (SSSR count). The maximum absolute atomic E-state index is 9.88. The Bertz CT molecular complexity index is 1020. The zero-order valence-corrected chi connectivity index (χ0v) is 17.4. The van der Waals surface area contributed by atoms with E-state index in [4.69, 9.17) is 4.98 Å². The molecule has 0 fully saturated rings. The first kappa shape index (κ1) is 18.9. The highest BCUT2D eigenvalue weighted by molar-refractivity contribution is 7.99. The number of benzene rings is 1. The van der Waals surface area contributed by atoms with Gasteiger partial charge in [0.05, 0.1) is 16.1 Å². The molecule has 28 heavy (non-hydrogen) atoms. The number of nitriles is 1. The zero-order valence-electron chi connectivity index (χ0n) is 15.8. The van der Waals surface area contributed by atoms with Gasteiger partial charge in [0.15, 0.2) is 0 Å². The third-order valence-electron chi connectivity index (χ3n) is 4.84. The van der Waals surface area contributed by atoms with E-state index in [2.05, 4.69) is 59.8 Å². The van der Waals surface area contributed by atoms with Gasteiger partial charge in [-0.25, -0.2) is 4.98 Å². The molecule has 0 atom stereocenters. The number of nitrogens with zero attached hydrogens (tertiary/aromatic N) is 3. The smallest absolute Gasteiger partial charge is 0.115 e. The summed E-state index contributed by atoms with van der Waals surface area (Å²) in [5.41, 5.74) is 5.40. The van der Waals surface area contributed by atoms with Crippen LogP contribution in [0.3, 0.4) is 0 Å². The molecule has 0 radical (unpaired) electrons. The Morgan fingerprint density at radius 1 is 1.21 bits per heavy atom. The summed E-state index contributed by atoms with van der Waals surface area (Å²) < 4.78 is 0. The van der Waals surface area contributed by atoms with Gasteiger partial charge in [-0.15, -0.1) is 23.1 Å². The second kappa shape index (κ2) is 8.74. The van der Waals surface area contributed by atoms with Crippen LogP contribution in [0.1, 0.15) is 22.3 Å². The van der Waals surface area contributed by atoms with E-state index in [9.17, 15) is 5.26 Å². The van der Waals surface area contributed by atoms with E-state index >= 15 is 0 Å². The first-order valence-electron chi connectivity index (χ1n) is 9.29. The van der Waals surface area contributed by atoms with E-state index in [-0.39, 0.29) is 0 Å². The molecule has 0 saturated heterocycles. The maximum atomic E-state index is 9.88. The Morgan fingerprint density at radius 2 is 2.07 bits per heavy atom. The molecule has 140 valence electrons. The van der Waals surface area contributed by atoms with Crippen LogP contribution in [0.5, 0.6) is 0 Å². The molecule has 3 nitrogen and oxygen atoms in total. The van der Waals surface area contributed by atoms with E-state index in [0.717, 1.165) is 47.1 Å². The van der Waals surface area contributed by atoms with Crippen LogP contribution < -0.4 is 0 Å². The van der Waals surface area contributed by atoms with Crippen LogP contribution in [-0.4, -0.2) is 29.2 Å². The van der Waals surface area contributed by atoms with Gasteiger partial charge in [0, 0.05) is 18.8 Å². The average Bonchev–Trinajstić information content (AvgIpc) is 3.25. The summed E-state index contributed by atoms with van der Waals surface area (Å²) in [4.78, 5) is 8.44. The average molecular weight is 404 g/mol. The lowest BCUT2D eigenvalue weighted by atomic mass is 9.94. The minimum atomic E-state index is 0.750. The normalized spacial score (nSPS) is 14.1. The fraction of sp³-hybridized carbons (Fsp3) is 0.217. The van der Waals surface area contributed by atoms with Crippen molar-refractivity contribution in [3.63, 3.8) is 0 Å². The number of rotatable bonds is 5. The van der Waals surface area contributed by atoms with Gasteiger partial charge in [-0.3, -0.25) is 0 Å². The van der Waals surface area contributed by atoms with E-state index in [1.54, 1.807) is 23.1 Å². The van der Waals surface area contributed by atoms with Crippen molar-refractivity contribution >= 4 is 29.2 Å². The SMILES string of the molecule is CN1CCc2c(-c3cccs3)nc(SC/C=C/c3ccccc3)c(C#N)c2C1. The molecule has 0 unspecified atom stereocenters. The molecular formula is C23H21N3S2. The summed E-state index contributed by atoms with van der Waals surface area (Å²) in [6.07, 6.45) is 5.20. The summed E-state index contributed by atoms with van der Waals surface area (Å²) in [6.45, 7) is 1.82. The highest BCUT2D eigenvalue weighted by Crippen LogP contribution is 2.37. The van der Waals surface area contributed by atoms with E-state index < -0.39 is 0 Å². The lowest BCUT2D eigenvalue weighted by Crippen LogP contribution is -2.28. The Morgan fingerprint density at radius 3 is 2.82 bits per heavy atom. The molecule has 1 aliphatic rings. The van der Waals surface area contributed by atoms with Gasteiger partial charge < -0.3 is 4.90 Å². The first-order valence-corrected chi connectivity index (χ1v) is 11.2. The van der Waals surface area contributed by atoms with Gasteiger partial charge in [-0.1, -0.05) is 48.6 Å². The van der Waals surface area contributed by atoms with Crippen molar-refractivity contribution in [3.8, 4) is 16.6 Å². The predicted molar refractivity (Wildman–Crippen MR) is 119 cm³/mol. The summed E-state index contributed by atoms with van der Waals surface area (Å²) in [7, 11) is 2.12. The molecule has 2 aromatic heterocycles. The van der Waals surface area contributed by atoms with Gasteiger partial charge in [-0.05, 0) is 41.6 Å².